The summed E-state index contributed by atoms with van der Waals surface area (Å²) >= 11 is 6.47. The van der Waals surface area contributed by atoms with E-state index in [1.165, 1.54) is 11.8 Å². The van der Waals surface area contributed by atoms with E-state index in [0.29, 0.717) is 16.9 Å². The zero-order valence-electron chi connectivity index (χ0n) is 8.79. The van der Waals surface area contributed by atoms with Gasteiger partial charge in [-0.25, -0.2) is 4.68 Å². The zero-order chi connectivity index (χ0) is 11.4. The van der Waals surface area contributed by atoms with Gasteiger partial charge in [-0.3, -0.25) is 0 Å². The van der Waals surface area contributed by atoms with Crippen LogP contribution in [0, 0.1) is 0 Å². The van der Waals surface area contributed by atoms with E-state index in [0.717, 1.165) is 11.0 Å². The van der Waals surface area contributed by atoms with Crippen molar-refractivity contribution in [1.82, 2.24) is 15.0 Å². The summed E-state index contributed by atoms with van der Waals surface area (Å²) in [7, 11) is 0. The fourth-order valence-corrected chi connectivity index (χ4v) is 2.18. The first-order valence-corrected chi connectivity index (χ1v) is 6.28. The van der Waals surface area contributed by atoms with Crippen LogP contribution in [0.3, 0.4) is 0 Å². The van der Waals surface area contributed by atoms with Crippen LogP contribution in [0.2, 0.25) is 0 Å². The number of ether oxygens (including phenoxy) is 1. The fourth-order valence-electron chi connectivity index (χ4n) is 1.29. The highest BCUT2D eigenvalue weighted by atomic mass is 32.2. The number of hydrogen-bond donors (Lipinski definition) is 0. The Bertz CT molecular complexity index is 498. The van der Waals surface area contributed by atoms with Crippen LogP contribution in [-0.2, 0) is 10.6 Å². The van der Waals surface area contributed by atoms with Crippen molar-refractivity contribution in [2.75, 3.05) is 6.61 Å². The number of fused-ring (bicyclic) bond motifs is 1. The standard InChI is InChI=1S/C10H11N3OS2/c1-2-14-10(15)16-7-13-9-6-4-3-5-8(9)11-12-13/h3-6H,2,7H2,1H3. The van der Waals surface area contributed by atoms with Gasteiger partial charge >= 0.3 is 0 Å². The number of thioether (sulfide) groups is 1. The van der Waals surface area contributed by atoms with E-state index >= 15 is 0 Å². The lowest BCUT2D eigenvalue weighted by molar-refractivity contribution is 0.346. The van der Waals surface area contributed by atoms with Crippen molar-refractivity contribution in [1.29, 1.82) is 0 Å². The molecular formula is C10H11N3OS2. The molecule has 0 aliphatic carbocycles. The molecule has 0 fully saturated rings. The van der Waals surface area contributed by atoms with Crippen LogP contribution < -0.4 is 0 Å². The molecule has 0 aliphatic rings. The Balaban J connectivity index is 2.07. The Hall–Kier alpha value is -1.14. The van der Waals surface area contributed by atoms with Crippen molar-refractivity contribution >= 4 is 39.4 Å². The molecule has 0 aliphatic heterocycles. The SMILES string of the molecule is CCOC(=S)SCn1nnc2ccccc21. The molecule has 84 valence electrons. The van der Waals surface area contributed by atoms with Gasteiger partial charge in [-0.05, 0) is 31.3 Å². The monoisotopic (exact) mass is 253 g/mol. The molecule has 0 amide bonds. The molecule has 0 bridgehead atoms. The quantitative estimate of drug-likeness (QED) is 0.786. The molecule has 0 spiro atoms. The number of thiocarbonyl (C=S) groups is 1. The van der Waals surface area contributed by atoms with E-state index in [1.807, 2.05) is 35.9 Å². The van der Waals surface area contributed by atoms with Crippen LogP contribution in [0.4, 0.5) is 0 Å². The lowest BCUT2D eigenvalue weighted by Crippen LogP contribution is -2.02. The first-order chi connectivity index (χ1) is 7.81. The maximum Gasteiger partial charge on any atom is 0.221 e. The minimum Gasteiger partial charge on any atom is -0.479 e. The highest BCUT2D eigenvalue weighted by Gasteiger charge is 2.04. The highest BCUT2D eigenvalue weighted by Crippen LogP contribution is 2.14. The van der Waals surface area contributed by atoms with Crippen LogP contribution in [0.5, 0.6) is 0 Å². The van der Waals surface area contributed by atoms with Gasteiger partial charge in [0, 0.05) is 0 Å². The Morgan fingerprint density at radius 1 is 1.50 bits per heavy atom. The maximum absolute atomic E-state index is 5.19. The van der Waals surface area contributed by atoms with Crippen molar-refractivity contribution in [2.45, 2.75) is 12.8 Å². The predicted octanol–water partition coefficient (Wildman–Crippen LogP) is 2.44. The van der Waals surface area contributed by atoms with Gasteiger partial charge in [0.15, 0.2) is 0 Å². The van der Waals surface area contributed by atoms with E-state index < -0.39 is 0 Å². The molecule has 6 heteroatoms. The van der Waals surface area contributed by atoms with E-state index in [-0.39, 0.29) is 0 Å². The molecule has 1 heterocycles. The van der Waals surface area contributed by atoms with Crippen molar-refractivity contribution in [3.63, 3.8) is 0 Å². The van der Waals surface area contributed by atoms with E-state index in [4.69, 9.17) is 17.0 Å². The summed E-state index contributed by atoms with van der Waals surface area (Å²) in [5, 5.41) is 8.12. The summed E-state index contributed by atoms with van der Waals surface area (Å²) in [6.45, 7) is 2.52. The molecule has 1 aromatic carbocycles. The molecule has 0 saturated carbocycles. The summed E-state index contributed by atoms with van der Waals surface area (Å²) in [5.74, 6) is 0.624. The van der Waals surface area contributed by atoms with Crippen molar-refractivity contribution in [3.05, 3.63) is 24.3 Å². The molecule has 0 unspecified atom stereocenters. The summed E-state index contributed by atoms with van der Waals surface area (Å²) < 4.78 is 7.54. The molecule has 0 N–H and O–H groups in total. The number of benzene rings is 1. The minimum absolute atomic E-state index is 0.544. The summed E-state index contributed by atoms with van der Waals surface area (Å²) in [4.78, 5) is 0. The normalized spacial score (nSPS) is 10.6. The number of para-hydroxylation sites is 1. The van der Waals surface area contributed by atoms with Gasteiger partial charge in [-0.1, -0.05) is 29.1 Å². The van der Waals surface area contributed by atoms with E-state index in [9.17, 15) is 0 Å². The zero-order valence-corrected chi connectivity index (χ0v) is 10.4. The second-order valence-electron chi connectivity index (χ2n) is 3.03. The molecule has 0 radical (unpaired) electrons. The summed E-state index contributed by atoms with van der Waals surface area (Å²) in [6.07, 6.45) is 0. The lowest BCUT2D eigenvalue weighted by Gasteiger charge is -2.04. The Labute approximate surface area is 103 Å². The average molecular weight is 253 g/mol. The average Bonchev–Trinajstić information content (AvgIpc) is 2.70. The minimum atomic E-state index is 0.544. The third kappa shape index (κ3) is 2.51. The van der Waals surface area contributed by atoms with Crippen LogP contribution >= 0.6 is 24.0 Å². The van der Waals surface area contributed by atoms with Gasteiger partial charge in [0.1, 0.15) is 5.52 Å². The molecule has 2 aromatic rings. The molecule has 2 rings (SSSR count). The molecule has 1 aromatic heterocycles. The Kier molecular flexibility index (Phi) is 3.74. The first kappa shape index (κ1) is 11.3. The van der Waals surface area contributed by atoms with Crippen molar-refractivity contribution in [2.24, 2.45) is 0 Å². The number of nitrogens with zero attached hydrogens (tertiary/aromatic N) is 3. The number of hydrogen-bond acceptors (Lipinski definition) is 5. The van der Waals surface area contributed by atoms with Crippen LogP contribution in [0.15, 0.2) is 24.3 Å². The van der Waals surface area contributed by atoms with E-state index in [2.05, 4.69) is 10.3 Å². The lowest BCUT2D eigenvalue weighted by atomic mass is 10.3. The Morgan fingerprint density at radius 3 is 3.12 bits per heavy atom. The fraction of sp³-hybridized carbons (Fsp3) is 0.300. The summed E-state index contributed by atoms with van der Waals surface area (Å²) in [5.41, 5.74) is 1.90. The molecule has 4 nitrogen and oxygen atoms in total. The largest absolute Gasteiger partial charge is 0.479 e. The molecule has 0 saturated heterocycles. The number of aromatic nitrogens is 3. The number of rotatable bonds is 3. The van der Waals surface area contributed by atoms with Crippen LogP contribution in [0.25, 0.3) is 11.0 Å². The van der Waals surface area contributed by atoms with Gasteiger partial charge in [0.05, 0.1) is 18.0 Å². The van der Waals surface area contributed by atoms with Crippen LogP contribution in [0.1, 0.15) is 6.92 Å². The molecular weight excluding hydrogens is 242 g/mol. The third-order valence-corrected chi connectivity index (χ3v) is 3.19. The predicted molar refractivity (Wildman–Crippen MR) is 69.3 cm³/mol. The molecule has 16 heavy (non-hydrogen) atoms. The Morgan fingerprint density at radius 2 is 2.31 bits per heavy atom. The topological polar surface area (TPSA) is 39.9 Å². The first-order valence-electron chi connectivity index (χ1n) is 4.89. The van der Waals surface area contributed by atoms with Gasteiger partial charge < -0.3 is 4.74 Å². The second kappa shape index (κ2) is 5.27. The van der Waals surface area contributed by atoms with Crippen molar-refractivity contribution < 1.29 is 4.74 Å². The highest BCUT2D eigenvalue weighted by molar-refractivity contribution is 8.21. The maximum atomic E-state index is 5.19. The summed E-state index contributed by atoms with van der Waals surface area (Å²) in [6, 6.07) is 7.83. The van der Waals surface area contributed by atoms with Gasteiger partial charge in [-0.2, -0.15) is 0 Å². The van der Waals surface area contributed by atoms with Crippen LogP contribution in [-0.4, -0.2) is 26.0 Å². The second-order valence-corrected chi connectivity index (χ2v) is 4.58. The molecule has 0 atom stereocenters. The van der Waals surface area contributed by atoms with Gasteiger partial charge in [0.25, 0.3) is 0 Å². The third-order valence-electron chi connectivity index (χ3n) is 1.99. The van der Waals surface area contributed by atoms with E-state index in [1.54, 1.807) is 0 Å². The van der Waals surface area contributed by atoms with Crippen molar-refractivity contribution in [3.8, 4) is 0 Å². The van der Waals surface area contributed by atoms with Gasteiger partial charge in [0.2, 0.25) is 4.38 Å². The van der Waals surface area contributed by atoms with Gasteiger partial charge in [-0.15, -0.1) is 5.10 Å². The smallest absolute Gasteiger partial charge is 0.221 e.